The van der Waals surface area contributed by atoms with Gasteiger partial charge in [0.25, 0.3) is 0 Å². The molecule has 12 heavy (non-hydrogen) atoms. The third kappa shape index (κ3) is 3.61. The van der Waals surface area contributed by atoms with Crippen molar-refractivity contribution in [3.8, 4) is 0 Å². The lowest BCUT2D eigenvalue weighted by atomic mass is 10.2. The molecular weight excluding hydrogens is 176 g/mol. The molecule has 0 aliphatic carbocycles. The van der Waals surface area contributed by atoms with E-state index >= 15 is 0 Å². The summed E-state index contributed by atoms with van der Waals surface area (Å²) in [5.74, 6) is -0.474. The highest BCUT2D eigenvalue weighted by atomic mass is 32.1. The van der Waals surface area contributed by atoms with Crippen molar-refractivity contribution >= 4 is 24.4 Å². The van der Waals surface area contributed by atoms with Crippen molar-refractivity contribution in [2.45, 2.75) is 19.9 Å². The van der Waals surface area contributed by atoms with Crippen molar-refractivity contribution in [1.29, 1.82) is 0 Å². The van der Waals surface area contributed by atoms with Gasteiger partial charge in [0, 0.05) is 11.7 Å². The van der Waals surface area contributed by atoms with E-state index in [-0.39, 0.29) is 11.8 Å². The maximum absolute atomic E-state index is 11.1. The Kier molecular flexibility index (Phi) is 4.73. The summed E-state index contributed by atoms with van der Waals surface area (Å²) in [6.45, 7) is 3.28. The van der Waals surface area contributed by atoms with Crippen molar-refractivity contribution < 1.29 is 9.59 Å². The van der Waals surface area contributed by atoms with Crippen molar-refractivity contribution in [3.05, 3.63) is 0 Å². The number of nitrogens with two attached hydrogens (primary N) is 1. The minimum atomic E-state index is -0.611. The van der Waals surface area contributed by atoms with Crippen LogP contribution in [0.3, 0.4) is 0 Å². The van der Waals surface area contributed by atoms with Crippen LogP contribution in [0.4, 0.5) is 0 Å². The number of hydrogen-bond donors (Lipinski definition) is 3. The van der Waals surface area contributed by atoms with Crippen molar-refractivity contribution in [3.63, 3.8) is 0 Å². The summed E-state index contributed by atoms with van der Waals surface area (Å²) >= 11 is 3.95. The summed E-state index contributed by atoms with van der Waals surface area (Å²) in [6.07, 6.45) is 0. The third-order valence-electron chi connectivity index (χ3n) is 1.51. The van der Waals surface area contributed by atoms with Crippen LogP contribution in [-0.2, 0) is 9.59 Å². The van der Waals surface area contributed by atoms with Crippen LogP contribution in [0, 0.1) is 5.92 Å². The Morgan fingerprint density at radius 3 is 2.33 bits per heavy atom. The number of hydrogen-bond acceptors (Lipinski definition) is 3. The molecule has 0 saturated carbocycles. The molecule has 0 aliphatic heterocycles. The Hall–Kier alpha value is -0.710. The van der Waals surface area contributed by atoms with Crippen LogP contribution in [0.15, 0.2) is 0 Å². The first-order valence-corrected chi connectivity index (χ1v) is 4.32. The van der Waals surface area contributed by atoms with E-state index < -0.39 is 11.9 Å². The van der Waals surface area contributed by atoms with Crippen LogP contribution >= 0.6 is 12.6 Å². The van der Waals surface area contributed by atoms with E-state index in [1.807, 2.05) is 0 Å². The predicted molar refractivity (Wildman–Crippen MR) is 49.8 cm³/mol. The van der Waals surface area contributed by atoms with Crippen LogP contribution in [-0.4, -0.2) is 23.6 Å². The number of thiol groups is 1. The molecule has 2 atom stereocenters. The van der Waals surface area contributed by atoms with Crippen LogP contribution in [0.2, 0.25) is 0 Å². The minimum absolute atomic E-state index is 0.198. The van der Waals surface area contributed by atoms with Gasteiger partial charge in [-0.25, -0.2) is 0 Å². The van der Waals surface area contributed by atoms with Gasteiger partial charge in [-0.1, -0.05) is 6.92 Å². The van der Waals surface area contributed by atoms with Crippen molar-refractivity contribution in [1.82, 2.24) is 5.32 Å². The molecule has 2 unspecified atom stereocenters. The number of carbonyl (C=O) groups excluding carboxylic acids is 2. The number of primary amides is 1. The molecule has 0 radical (unpaired) electrons. The molecule has 2 amide bonds. The molecule has 0 spiro atoms. The quantitative estimate of drug-likeness (QED) is 0.525. The average Bonchev–Trinajstić information content (AvgIpc) is 2.02. The normalized spacial score (nSPS) is 14.9. The van der Waals surface area contributed by atoms with E-state index in [1.165, 1.54) is 0 Å². The molecule has 70 valence electrons. The van der Waals surface area contributed by atoms with Gasteiger partial charge in [-0.2, -0.15) is 12.6 Å². The molecule has 0 heterocycles. The molecule has 0 aromatic carbocycles. The Morgan fingerprint density at radius 1 is 1.50 bits per heavy atom. The summed E-state index contributed by atoms with van der Waals surface area (Å²) in [5, 5.41) is 2.47. The number of carbonyl (C=O) groups is 2. The van der Waals surface area contributed by atoms with E-state index in [4.69, 9.17) is 5.73 Å². The zero-order valence-corrected chi connectivity index (χ0v) is 8.10. The Morgan fingerprint density at radius 2 is 2.00 bits per heavy atom. The molecule has 0 bridgehead atoms. The van der Waals surface area contributed by atoms with E-state index in [0.29, 0.717) is 5.75 Å². The summed E-state index contributed by atoms with van der Waals surface area (Å²) in [4.78, 5) is 21.7. The van der Waals surface area contributed by atoms with Gasteiger partial charge in [0.05, 0.1) is 0 Å². The molecular formula is C7H14N2O2S. The fourth-order valence-corrected chi connectivity index (χ4v) is 0.676. The van der Waals surface area contributed by atoms with Crippen LogP contribution < -0.4 is 11.1 Å². The Balaban J connectivity index is 3.92. The van der Waals surface area contributed by atoms with Gasteiger partial charge >= 0.3 is 0 Å². The SMILES string of the molecule is CC(CS)C(=O)NC(C)C(N)=O. The van der Waals surface area contributed by atoms with Crippen molar-refractivity contribution in [2.75, 3.05) is 5.75 Å². The van der Waals surface area contributed by atoms with Gasteiger partial charge in [0.1, 0.15) is 6.04 Å². The molecule has 4 nitrogen and oxygen atoms in total. The molecule has 5 heteroatoms. The standard InChI is InChI=1S/C7H14N2O2S/c1-4(3-12)7(11)9-5(2)6(8)10/h4-5,12H,3H2,1-2H3,(H2,8,10)(H,9,11). The first-order chi connectivity index (χ1) is 5.49. The zero-order chi connectivity index (χ0) is 9.72. The van der Waals surface area contributed by atoms with Crippen LogP contribution in [0.5, 0.6) is 0 Å². The van der Waals surface area contributed by atoms with E-state index in [9.17, 15) is 9.59 Å². The maximum atomic E-state index is 11.1. The van der Waals surface area contributed by atoms with E-state index in [2.05, 4.69) is 17.9 Å². The van der Waals surface area contributed by atoms with Gasteiger partial charge in [0.15, 0.2) is 0 Å². The molecule has 0 saturated heterocycles. The number of amides is 2. The second-order valence-corrected chi connectivity index (χ2v) is 3.08. The fraction of sp³-hybridized carbons (Fsp3) is 0.714. The smallest absolute Gasteiger partial charge is 0.239 e. The second-order valence-electron chi connectivity index (χ2n) is 2.72. The first kappa shape index (κ1) is 11.3. The van der Waals surface area contributed by atoms with Gasteiger partial charge in [-0.3, -0.25) is 9.59 Å². The lowest BCUT2D eigenvalue weighted by Gasteiger charge is -2.13. The third-order valence-corrected chi connectivity index (χ3v) is 2.05. The molecule has 0 rings (SSSR count). The van der Waals surface area contributed by atoms with Gasteiger partial charge in [-0.05, 0) is 6.92 Å². The fourth-order valence-electron chi connectivity index (χ4n) is 0.510. The Bertz CT molecular complexity index is 184. The number of rotatable bonds is 4. The van der Waals surface area contributed by atoms with Gasteiger partial charge in [-0.15, -0.1) is 0 Å². The minimum Gasteiger partial charge on any atom is -0.368 e. The largest absolute Gasteiger partial charge is 0.368 e. The number of nitrogens with one attached hydrogen (secondary N) is 1. The zero-order valence-electron chi connectivity index (χ0n) is 7.20. The van der Waals surface area contributed by atoms with Crippen LogP contribution in [0.25, 0.3) is 0 Å². The predicted octanol–water partition coefficient (Wildman–Crippen LogP) is -0.458. The average molecular weight is 190 g/mol. The molecule has 0 aliphatic rings. The molecule has 0 aromatic rings. The highest BCUT2D eigenvalue weighted by molar-refractivity contribution is 7.80. The maximum Gasteiger partial charge on any atom is 0.239 e. The summed E-state index contributed by atoms with van der Waals surface area (Å²) in [5.41, 5.74) is 4.95. The van der Waals surface area contributed by atoms with E-state index in [1.54, 1.807) is 13.8 Å². The van der Waals surface area contributed by atoms with Gasteiger partial charge in [0.2, 0.25) is 11.8 Å². The van der Waals surface area contributed by atoms with Crippen molar-refractivity contribution in [2.24, 2.45) is 11.7 Å². The highest BCUT2D eigenvalue weighted by Gasteiger charge is 2.16. The molecule has 0 aromatic heterocycles. The van der Waals surface area contributed by atoms with E-state index in [0.717, 1.165) is 0 Å². The first-order valence-electron chi connectivity index (χ1n) is 3.69. The van der Waals surface area contributed by atoms with Crippen LogP contribution in [0.1, 0.15) is 13.8 Å². The summed E-state index contributed by atoms with van der Waals surface area (Å²) in [6, 6.07) is -0.611. The summed E-state index contributed by atoms with van der Waals surface area (Å²) in [7, 11) is 0. The highest BCUT2D eigenvalue weighted by Crippen LogP contribution is 1.97. The van der Waals surface area contributed by atoms with Gasteiger partial charge < -0.3 is 11.1 Å². The molecule has 0 fully saturated rings. The topological polar surface area (TPSA) is 72.2 Å². The molecule has 3 N–H and O–H groups in total. The monoisotopic (exact) mass is 190 g/mol. The lowest BCUT2D eigenvalue weighted by Crippen LogP contribution is -2.44. The Labute approximate surface area is 77.3 Å². The second kappa shape index (κ2) is 5.03. The lowest BCUT2D eigenvalue weighted by molar-refractivity contribution is -0.128. The summed E-state index contributed by atoms with van der Waals surface area (Å²) < 4.78 is 0.